The standard InChI is InChI=1S/C14H17NO/c1-11-5-3-4-6-13(11)9-15-10-14-8-7-12(2)16-14/h3-8,15H,9-10H2,1-2H3. The van der Waals surface area contributed by atoms with Gasteiger partial charge in [0, 0.05) is 6.54 Å². The second kappa shape index (κ2) is 4.99. The van der Waals surface area contributed by atoms with Crippen molar-refractivity contribution in [1.82, 2.24) is 5.32 Å². The van der Waals surface area contributed by atoms with E-state index in [1.54, 1.807) is 0 Å². The Hall–Kier alpha value is -1.54. The number of rotatable bonds is 4. The molecule has 16 heavy (non-hydrogen) atoms. The molecule has 0 saturated carbocycles. The number of hydrogen-bond acceptors (Lipinski definition) is 2. The molecule has 0 aliphatic heterocycles. The molecule has 2 aromatic rings. The van der Waals surface area contributed by atoms with Gasteiger partial charge >= 0.3 is 0 Å². The van der Waals surface area contributed by atoms with Crippen molar-refractivity contribution in [3.63, 3.8) is 0 Å². The van der Waals surface area contributed by atoms with E-state index in [0.29, 0.717) is 0 Å². The molecule has 2 rings (SSSR count). The third-order valence-corrected chi connectivity index (χ3v) is 2.67. The van der Waals surface area contributed by atoms with Crippen molar-refractivity contribution in [1.29, 1.82) is 0 Å². The van der Waals surface area contributed by atoms with Gasteiger partial charge in [-0.25, -0.2) is 0 Å². The Morgan fingerprint density at radius 1 is 1.00 bits per heavy atom. The molecule has 0 fully saturated rings. The molecule has 0 saturated heterocycles. The molecule has 0 spiro atoms. The minimum atomic E-state index is 0.780. The minimum absolute atomic E-state index is 0.780. The zero-order valence-electron chi connectivity index (χ0n) is 9.79. The molecule has 0 aliphatic rings. The molecule has 0 amide bonds. The van der Waals surface area contributed by atoms with Gasteiger partial charge in [0.25, 0.3) is 0 Å². The van der Waals surface area contributed by atoms with Crippen molar-refractivity contribution >= 4 is 0 Å². The molecular formula is C14H17NO. The first-order chi connectivity index (χ1) is 7.75. The Bertz CT molecular complexity index is 459. The van der Waals surface area contributed by atoms with Crippen LogP contribution in [-0.2, 0) is 13.1 Å². The molecule has 2 heteroatoms. The summed E-state index contributed by atoms with van der Waals surface area (Å²) in [5, 5.41) is 3.38. The molecule has 1 N–H and O–H groups in total. The van der Waals surface area contributed by atoms with Gasteiger partial charge in [-0.2, -0.15) is 0 Å². The summed E-state index contributed by atoms with van der Waals surface area (Å²) in [6.07, 6.45) is 0. The fourth-order valence-electron chi connectivity index (χ4n) is 1.71. The summed E-state index contributed by atoms with van der Waals surface area (Å²) < 4.78 is 5.49. The molecule has 0 unspecified atom stereocenters. The Kier molecular flexibility index (Phi) is 3.42. The fourth-order valence-corrected chi connectivity index (χ4v) is 1.71. The van der Waals surface area contributed by atoms with Crippen LogP contribution in [0, 0.1) is 13.8 Å². The number of hydrogen-bond donors (Lipinski definition) is 1. The van der Waals surface area contributed by atoms with Crippen LogP contribution >= 0.6 is 0 Å². The van der Waals surface area contributed by atoms with Gasteiger partial charge in [0.15, 0.2) is 0 Å². The first kappa shape index (κ1) is 11.0. The molecule has 2 nitrogen and oxygen atoms in total. The number of furan rings is 1. The van der Waals surface area contributed by atoms with Crippen molar-refractivity contribution in [2.75, 3.05) is 0 Å². The van der Waals surface area contributed by atoms with Crippen LogP contribution in [0.5, 0.6) is 0 Å². The van der Waals surface area contributed by atoms with E-state index in [9.17, 15) is 0 Å². The van der Waals surface area contributed by atoms with Crippen LogP contribution in [0.1, 0.15) is 22.6 Å². The largest absolute Gasteiger partial charge is 0.465 e. The zero-order valence-corrected chi connectivity index (χ0v) is 9.79. The number of aryl methyl sites for hydroxylation is 2. The lowest BCUT2D eigenvalue weighted by atomic mass is 10.1. The fraction of sp³-hybridized carbons (Fsp3) is 0.286. The maximum atomic E-state index is 5.49. The highest BCUT2D eigenvalue weighted by atomic mass is 16.3. The third-order valence-electron chi connectivity index (χ3n) is 2.67. The van der Waals surface area contributed by atoms with Gasteiger partial charge in [-0.3, -0.25) is 0 Å². The molecule has 1 heterocycles. The number of nitrogens with one attached hydrogen (secondary N) is 1. The summed E-state index contributed by atoms with van der Waals surface area (Å²) in [6, 6.07) is 12.4. The van der Waals surface area contributed by atoms with Crippen LogP contribution in [0.3, 0.4) is 0 Å². The van der Waals surface area contributed by atoms with Gasteiger partial charge in [-0.05, 0) is 37.1 Å². The Labute approximate surface area is 96.3 Å². The second-order valence-electron chi connectivity index (χ2n) is 4.04. The van der Waals surface area contributed by atoms with Crippen LogP contribution in [0.2, 0.25) is 0 Å². The topological polar surface area (TPSA) is 25.2 Å². The summed E-state index contributed by atoms with van der Waals surface area (Å²) >= 11 is 0. The quantitative estimate of drug-likeness (QED) is 0.847. The van der Waals surface area contributed by atoms with Crippen molar-refractivity contribution in [2.24, 2.45) is 0 Å². The molecule has 0 aliphatic carbocycles. The first-order valence-electron chi connectivity index (χ1n) is 5.56. The van der Waals surface area contributed by atoms with E-state index in [1.165, 1.54) is 11.1 Å². The Balaban J connectivity index is 1.87. The van der Waals surface area contributed by atoms with Gasteiger partial charge < -0.3 is 9.73 Å². The first-order valence-corrected chi connectivity index (χ1v) is 5.56. The van der Waals surface area contributed by atoms with Crippen molar-refractivity contribution in [3.05, 3.63) is 59.0 Å². The SMILES string of the molecule is Cc1ccc(CNCc2ccccc2C)o1. The van der Waals surface area contributed by atoms with E-state index in [-0.39, 0.29) is 0 Å². The van der Waals surface area contributed by atoms with Gasteiger partial charge in [0.1, 0.15) is 11.5 Å². The van der Waals surface area contributed by atoms with Crippen LogP contribution in [0.15, 0.2) is 40.8 Å². The van der Waals surface area contributed by atoms with Gasteiger partial charge in [0.2, 0.25) is 0 Å². The van der Waals surface area contributed by atoms with Gasteiger partial charge in [-0.15, -0.1) is 0 Å². The lowest BCUT2D eigenvalue weighted by molar-refractivity contribution is 0.461. The summed E-state index contributed by atoms with van der Waals surface area (Å²) in [7, 11) is 0. The van der Waals surface area contributed by atoms with E-state index in [1.807, 2.05) is 19.1 Å². The zero-order chi connectivity index (χ0) is 11.4. The van der Waals surface area contributed by atoms with Crippen LogP contribution < -0.4 is 5.32 Å². The lowest BCUT2D eigenvalue weighted by Gasteiger charge is -2.06. The predicted molar refractivity (Wildman–Crippen MR) is 65.2 cm³/mol. The maximum Gasteiger partial charge on any atom is 0.117 e. The van der Waals surface area contributed by atoms with Crippen molar-refractivity contribution in [2.45, 2.75) is 26.9 Å². The molecule has 0 radical (unpaired) electrons. The third kappa shape index (κ3) is 2.74. The molecule has 84 valence electrons. The molecule has 1 aromatic carbocycles. The van der Waals surface area contributed by atoms with E-state index < -0.39 is 0 Å². The normalized spacial score (nSPS) is 10.6. The number of benzene rings is 1. The highest BCUT2D eigenvalue weighted by Gasteiger charge is 1.99. The summed E-state index contributed by atoms with van der Waals surface area (Å²) in [5.74, 6) is 1.96. The van der Waals surface area contributed by atoms with E-state index in [2.05, 4.69) is 36.5 Å². The molecule has 0 atom stereocenters. The van der Waals surface area contributed by atoms with Gasteiger partial charge in [-0.1, -0.05) is 24.3 Å². The summed E-state index contributed by atoms with van der Waals surface area (Å²) in [4.78, 5) is 0. The predicted octanol–water partition coefficient (Wildman–Crippen LogP) is 3.19. The lowest BCUT2D eigenvalue weighted by Crippen LogP contribution is -2.12. The van der Waals surface area contributed by atoms with E-state index in [4.69, 9.17) is 4.42 Å². The van der Waals surface area contributed by atoms with Crippen molar-refractivity contribution in [3.8, 4) is 0 Å². The highest BCUT2D eigenvalue weighted by Crippen LogP contribution is 2.08. The summed E-state index contributed by atoms with van der Waals surface area (Å²) in [5.41, 5.74) is 2.66. The van der Waals surface area contributed by atoms with Crippen LogP contribution in [0.4, 0.5) is 0 Å². The van der Waals surface area contributed by atoms with Crippen LogP contribution in [-0.4, -0.2) is 0 Å². The Morgan fingerprint density at radius 2 is 1.81 bits per heavy atom. The summed E-state index contributed by atoms with van der Waals surface area (Å²) in [6.45, 7) is 5.76. The molecule has 0 bridgehead atoms. The smallest absolute Gasteiger partial charge is 0.117 e. The van der Waals surface area contributed by atoms with E-state index in [0.717, 1.165) is 24.6 Å². The minimum Gasteiger partial charge on any atom is -0.465 e. The highest BCUT2D eigenvalue weighted by molar-refractivity contribution is 5.25. The maximum absolute atomic E-state index is 5.49. The Morgan fingerprint density at radius 3 is 2.50 bits per heavy atom. The average Bonchev–Trinajstić information content (AvgIpc) is 2.67. The second-order valence-corrected chi connectivity index (χ2v) is 4.04. The van der Waals surface area contributed by atoms with E-state index >= 15 is 0 Å². The van der Waals surface area contributed by atoms with Crippen LogP contribution in [0.25, 0.3) is 0 Å². The van der Waals surface area contributed by atoms with Crippen molar-refractivity contribution < 1.29 is 4.42 Å². The average molecular weight is 215 g/mol. The molecule has 1 aromatic heterocycles. The van der Waals surface area contributed by atoms with Gasteiger partial charge in [0.05, 0.1) is 6.54 Å². The monoisotopic (exact) mass is 215 g/mol. The molecular weight excluding hydrogens is 198 g/mol.